The van der Waals surface area contributed by atoms with Gasteiger partial charge in [-0.1, -0.05) is 18.1 Å². The van der Waals surface area contributed by atoms with Crippen LogP contribution in [0.25, 0.3) is 0 Å². The van der Waals surface area contributed by atoms with E-state index in [0.717, 1.165) is 31.5 Å². The maximum absolute atomic E-state index is 12.5. The molecule has 0 aromatic carbocycles. The number of hydrogen-bond acceptors (Lipinski definition) is 2. The number of hydrogen-bond donors (Lipinski definition) is 1. The molecule has 1 aliphatic carbocycles. The quantitative estimate of drug-likeness (QED) is 0.756. The van der Waals surface area contributed by atoms with Crippen LogP contribution in [0.4, 0.5) is 4.79 Å². The first-order chi connectivity index (χ1) is 10.8. The van der Waals surface area contributed by atoms with Crippen LogP contribution in [0.2, 0.25) is 0 Å². The second-order valence-electron chi connectivity index (χ2n) is 7.54. The molecule has 0 saturated carbocycles. The Balaban J connectivity index is 1.61. The third-order valence-corrected chi connectivity index (χ3v) is 6.25. The molecule has 4 aliphatic rings. The smallest absolute Gasteiger partial charge is 0.317 e. The molecule has 3 aliphatic heterocycles. The van der Waals surface area contributed by atoms with E-state index >= 15 is 0 Å². The molecule has 2 bridgehead atoms. The lowest BCUT2D eigenvalue weighted by Crippen LogP contribution is -2.61. The van der Waals surface area contributed by atoms with Crippen LogP contribution in [0.15, 0.2) is 11.6 Å². The van der Waals surface area contributed by atoms with E-state index in [1.165, 1.54) is 45.2 Å². The number of likely N-dealkylation sites (tertiary alicyclic amines) is 1. The van der Waals surface area contributed by atoms with E-state index in [1.54, 1.807) is 5.57 Å². The summed E-state index contributed by atoms with van der Waals surface area (Å²) in [5.74, 6) is 1.40. The Morgan fingerprint density at radius 2 is 2.23 bits per heavy atom. The highest BCUT2D eigenvalue weighted by Crippen LogP contribution is 2.44. The second-order valence-corrected chi connectivity index (χ2v) is 7.54. The summed E-state index contributed by atoms with van der Waals surface area (Å²) in [5, 5.41) is 3.02. The second kappa shape index (κ2) is 5.88. The predicted octanol–water partition coefficient (Wildman–Crippen LogP) is 2.61. The highest BCUT2D eigenvalue weighted by Gasteiger charge is 2.46. The topological polar surface area (TPSA) is 35.6 Å². The number of amides is 2. The molecule has 4 atom stereocenters. The van der Waals surface area contributed by atoms with Crippen LogP contribution in [0.5, 0.6) is 0 Å². The Hall–Kier alpha value is -1.03. The Bertz CT molecular complexity index is 475. The summed E-state index contributed by atoms with van der Waals surface area (Å²) in [4.78, 5) is 17.3. The van der Waals surface area contributed by atoms with Crippen LogP contribution in [0, 0.1) is 11.8 Å². The predicted molar refractivity (Wildman–Crippen MR) is 87.7 cm³/mol. The van der Waals surface area contributed by atoms with E-state index in [2.05, 4.69) is 21.2 Å². The van der Waals surface area contributed by atoms with Crippen molar-refractivity contribution in [3.8, 4) is 0 Å². The monoisotopic (exact) mass is 303 g/mol. The Morgan fingerprint density at radius 3 is 3.09 bits per heavy atom. The van der Waals surface area contributed by atoms with Crippen molar-refractivity contribution in [3.63, 3.8) is 0 Å². The molecule has 122 valence electrons. The van der Waals surface area contributed by atoms with Gasteiger partial charge in [0.2, 0.25) is 0 Å². The first-order valence-corrected chi connectivity index (χ1v) is 9.27. The van der Waals surface area contributed by atoms with Crippen LogP contribution >= 0.6 is 0 Å². The fraction of sp³-hybridized carbons (Fsp3) is 0.833. The summed E-state index contributed by atoms with van der Waals surface area (Å²) in [6, 6.07) is 1.31. The molecule has 0 aromatic heterocycles. The fourth-order valence-corrected chi connectivity index (χ4v) is 5.45. The van der Waals surface area contributed by atoms with Gasteiger partial charge in [-0.2, -0.15) is 0 Å². The van der Waals surface area contributed by atoms with Gasteiger partial charge in [0.25, 0.3) is 0 Å². The summed E-state index contributed by atoms with van der Waals surface area (Å²) in [6.07, 6.45) is 10.4. The SMILES string of the molecule is CCNC(=O)N1CCCC2=C[C@H]3C[C@H](CN4CCCC[C@H]34)[C@@H]21. The van der Waals surface area contributed by atoms with Crippen molar-refractivity contribution in [2.24, 2.45) is 11.8 Å². The Labute approximate surface area is 133 Å². The lowest BCUT2D eigenvalue weighted by molar-refractivity contribution is 0.00795. The maximum atomic E-state index is 12.5. The summed E-state index contributed by atoms with van der Waals surface area (Å²) >= 11 is 0. The summed E-state index contributed by atoms with van der Waals surface area (Å²) in [6.45, 7) is 6.14. The highest BCUT2D eigenvalue weighted by molar-refractivity contribution is 5.75. The number of carbonyl (C=O) groups excluding carboxylic acids is 1. The number of piperidine rings is 3. The normalized spacial score (nSPS) is 37.9. The molecular formula is C18H29N3O. The maximum Gasteiger partial charge on any atom is 0.317 e. The Kier molecular flexibility index (Phi) is 3.89. The third kappa shape index (κ3) is 2.36. The van der Waals surface area contributed by atoms with Crippen molar-refractivity contribution in [3.05, 3.63) is 11.6 Å². The molecule has 0 spiro atoms. The van der Waals surface area contributed by atoms with Crippen molar-refractivity contribution < 1.29 is 4.79 Å². The van der Waals surface area contributed by atoms with Crippen LogP contribution in [0.3, 0.4) is 0 Å². The first kappa shape index (κ1) is 14.6. The first-order valence-electron chi connectivity index (χ1n) is 9.27. The zero-order valence-corrected chi connectivity index (χ0v) is 13.8. The number of fused-ring (bicyclic) bond motifs is 6. The molecule has 4 rings (SSSR count). The highest BCUT2D eigenvalue weighted by atomic mass is 16.2. The van der Waals surface area contributed by atoms with Crippen molar-refractivity contribution in [1.82, 2.24) is 15.1 Å². The average molecular weight is 303 g/mol. The minimum Gasteiger partial charge on any atom is -0.338 e. The van der Waals surface area contributed by atoms with E-state index < -0.39 is 0 Å². The van der Waals surface area contributed by atoms with Gasteiger partial charge in [-0.05, 0) is 57.4 Å². The number of rotatable bonds is 1. The van der Waals surface area contributed by atoms with Gasteiger partial charge < -0.3 is 10.2 Å². The number of nitrogens with zero attached hydrogens (tertiary/aromatic N) is 2. The van der Waals surface area contributed by atoms with Gasteiger partial charge >= 0.3 is 6.03 Å². The minimum absolute atomic E-state index is 0.150. The fourth-order valence-electron chi connectivity index (χ4n) is 5.45. The number of urea groups is 1. The largest absolute Gasteiger partial charge is 0.338 e. The average Bonchev–Trinajstić information content (AvgIpc) is 2.54. The molecule has 0 aromatic rings. The van der Waals surface area contributed by atoms with Gasteiger partial charge in [0.1, 0.15) is 0 Å². The van der Waals surface area contributed by atoms with E-state index in [1.807, 2.05) is 6.92 Å². The lowest BCUT2D eigenvalue weighted by Gasteiger charge is -2.54. The van der Waals surface area contributed by atoms with Crippen molar-refractivity contribution in [2.75, 3.05) is 26.2 Å². The summed E-state index contributed by atoms with van der Waals surface area (Å²) in [5.41, 5.74) is 1.57. The van der Waals surface area contributed by atoms with E-state index in [9.17, 15) is 4.79 Å². The van der Waals surface area contributed by atoms with Crippen LogP contribution in [-0.4, -0.2) is 54.1 Å². The van der Waals surface area contributed by atoms with Crippen molar-refractivity contribution in [1.29, 1.82) is 0 Å². The molecule has 4 heteroatoms. The summed E-state index contributed by atoms with van der Waals surface area (Å²) in [7, 11) is 0. The Morgan fingerprint density at radius 1 is 1.32 bits per heavy atom. The molecular weight excluding hydrogens is 274 g/mol. The van der Waals surface area contributed by atoms with Crippen molar-refractivity contribution >= 4 is 6.03 Å². The van der Waals surface area contributed by atoms with Crippen LogP contribution < -0.4 is 5.32 Å². The number of carbonyl (C=O) groups is 1. The van der Waals surface area contributed by atoms with E-state index in [0.29, 0.717) is 12.0 Å². The van der Waals surface area contributed by atoms with Gasteiger partial charge in [-0.15, -0.1) is 0 Å². The van der Waals surface area contributed by atoms with Gasteiger partial charge in [-0.25, -0.2) is 4.79 Å². The van der Waals surface area contributed by atoms with Crippen LogP contribution in [0.1, 0.15) is 45.4 Å². The zero-order valence-electron chi connectivity index (χ0n) is 13.8. The molecule has 0 unspecified atom stereocenters. The number of nitrogens with one attached hydrogen (secondary N) is 1. The van der Waals surface area contributed by atoms with Gasteiger partial charge in [0, 0.05) is 25.7 Å². The van der Waals surface area contributed by atoms with E-state index in [4.69, 9.17) is 0 Å². The summed E-state index contributed by atoms with van der Waals surface area (Å²) < 4.78 is 0. The molecule has 1 N–H and O–H groups in total. The minimum atomic E-state index is 0.150. The van der Waals surface area contributed by atoms with Gasteiger partial charge in [0.05, 0.1) is 6.04 Å². The van der Waals surface area contributed by atoms with Crippen LogP contribution in [-0.2, 0) is 0 Å². The molecule has 0 radical (unpaired) electrons. The third-order valence-electron chi connectivity index (χ3n) is 6.25. The molecule has 3 saturated heterocycles. The van der Waals surface area contributed by atoms with Gasteiger partial charge in [-0.3, -0.25) is 4.90 Å². The molecule has 3 heterocycles. The lowest BCUT2D eigenvalue weighted by atomic mass is 9.68. The van der Waals surface area contributed by atoms with Gasteiger partial charge in [0.15, 0.2) is 0 Å². The molecule has 3 fully saturated rings. The molecule has 4 nitrogen and oxygen atoms in total. The molecule has 22 heavy (non-hydrogen) atoms. The van der Waals surface area contributed by atoms with Crippen molar-refractivity contribution in [2.45, 2.75) is 57.5 Å². The zero-order chi connectivity index (χ0) is 15.1. The van der Waals surface area contributed by atoms with E-state index in [-0.39, 0.29) is 6.03 Å². The molecule has 2 amide bonds. The standard InChI is InChI=1S/C18H29N3O/c1-2-19-18(22)21-9-5-6-13-10-14-11-15(17(13)21)12-20-8-4-3-7-16(14)20/h10,14-17H,2-9,11-12H2,1H3,(H,19,22)/t14-,15+,16+,17+/m0/s1.